The van der Waals surface area contributed by atoms with Crippen molar-refractivity contribution >= 4 is 29.5 Å². The van der Waals surface area contributed by atoms with Crippen LogP contribution in [0.1, 0.15) is 58.9 Å². The van der Waals surface area contributed by atoms with Gasteiger partial charge in [0.25, 0.3) is 5.91 Å². The van der Waals surface area contributed by atoms with Gasteiger partial charge in [-0.05, 0) is 78.0 Å². The van der Waals surface area contributed by atoms with E-state index in [2.05, 4.69) is 61.5 Å². The molecule has 1 atom stereocenters. The van der Waals surface area contributed by atoms with Crippen molar-refractivity contribution in [2.24, 2.45) is 5.73 Å². The Kier molecular flexibility index (Phi) is 13.1. The van der Waals surface area contributed by atoms with E-state index in [9.17, 15) is 9.59 Å². The van der Waals surface area contributed by atoms with Gasteiger partial charge in [0.15, 0.2) is 0 Å². The Balaban J connectivity index is 2.50. The molecule has 1 unspecified atom stereocenters. The fraction of sp³-hybridized carbons (Fsp3) is 0.480. The van der Waals surface area contributed by atoms with Gasteiger partial charge in [-0.3, -0.25) is 10.1 Å². The Hall–Kier alpha value is -2.54. The first-order chi connectivity index (χ1) is 15.2. The second-order valence-electron chi connectivity index (χ2n) is 8.27. The highest BCUT2D eigenvalue weighted by Gasteiger charge is 2.20. The molecule has 0 bridgehead atoms. The van der Waals surface area contributed by atoms with E-state index in [1.54, 1.807) is 18.0 Å². The molecule has 1 aromatic heterocycles. The van der Waals surface area contributed by atoms with Gasteiger partial charge in [-0.25, -0.2) is 9.78 Å². The molecule has 1 rings (SSSR count). The Bertz CT molecular complexity index is 842. The first-order valence-electron chi connectivity index (χ1n) is 11.0. The molecule has 0 fully saturated rings. The van der Waals surface area contributed by atoms with Gasteiger partial charge in [-0.1, -0.05) is 34.9 Å². The number of rotatable bonds is 13. The Morgan fingerprint density at radius 3 is 2.38 bits per heavy atom. The molecular weight excluding hydrogens is 420 g/mol. The summed E-state index contributed by atoms with van der Waals surface area (Å²) in [5.41, 5.74) is 10.3. The van der Waals surface area contributed by atoms with E-state index in [0.29, 0.717) is 11.6 Å². The van der Waals surface area contributed by atoms with E-state index in [4.69, 9.17) is 5.73 Å². The Labute approximate surface area is 197 Å². The molecule has 7 heteroatoms. The number of aromatic nitrogens is 1. The van der Waals surface area contributed by atoms with Gasteiger partial charge in [-0.15, -0.1) is 0 Å². The van der Waals surface area contributed by atoms with Crippen LogP contribution in [0.15, 0.2) is 53.3 Å². The summed E-state index contributed by atoms with van der Waals surface area (Å²) < 4.78 is 0. The number of nitrogens with zero attached hydrogens (tertiary/aromatic N) is 1. The smallest absolute Gasteiger partial charge is 0.318 e. The molecule has 0 aromatic carbocycles. The van der Waals surface area contributed by atoms with Crippen molar-refractivity contribution in [2.75, 3.05) is 16.8 Å². The second kappa shape index (κ2) is 15.3. The summed E-state index contributed by atoms with van der Waals surface area (Å²) in [5, 5.41) is 5.26. The fourth-order valence-corrected chi connectivity index (χ4v) is 3.92. The number of carbonyl (C=O) groups excluding carboxylic acids is 2. The fourth-order valence-electron chi connectivity index (χ4n) is 2.91. The number of carbonyl (C=O) groups is 2. The van der Waals surface area contributed by atoms with Crippen LogP contribution in [0.4, 0.5) is 10.6 Å². The minimum atomic E-state index is -0.857. The molecule has 0 radical (unpaired) electrons. The number of pyridine rings is 1. The van der Waals surface area contributed by atoms with Crippen LogP contribution in [-0.2, 0) is 4.79 Å². The monoisotopic (exact) mass is 458 g/mol. The number of amides is 3. The molecule has 0 saturated heterocycles. The van der Waals surface area contributed by atoms with Gasteiger partial charge in [0.1, 0.15) is 11.9 Å². The number of anilines is 1. The number of imide groups is 1. The predicted octanol–water partition coefficient (Wildman–Crippen LogP) is 5.52. The number of thioether (sulfide) groups is 1. The molecule has 1 aromatic rings. The highest BCUT2D eigenvalue weighted by atomic mass is 32.2. The SMILES string of the molecule is CC(C)=CCCC(C)=CCCC(C)=CCSCC(Nc1cc(C)ccn1)C(=O)NC(N)=O. The molecule has 6 nitrogen and oxygen atoms in total. The molecule has 32 heavy (non-hydrogen) atoms. The van der Waals surface area contributed by atoms with E-state index >= 15 is 0 Å². The number of hydrogen-bond donors (Lipinski definition) is 3. The van der Waals surface area contributed by atoms with Gasteiger partial charge in [0, 0.05) is 17.7 Å². The molecule has 0 saturated carbocycles. The third kappa shape index (κ3) is 13.0. The minimum Gasteiger partial charge on any atom is -0.358 e. The van der Waals surface area contributed by atoms with Crippen LogP contribution in [0.2, 0.25) is 0 Å². The second-order valence-corrected chi connectivity index (χ2v) is 9.34. The maximum atomic E-state index is 12.3. The zero-order valence-electron chi connectivity index (χ0n) is 20.0. The van der Waals surface area contributed by atoms with Crippen LogP contribution in [0.25, 0.3) is 0 Å². The van der Waals surface area contributed by atoms with Gasteiger partial charge in [0.2, 0.25) is 0 Å². The highest BCUT2D eigenvalue weighted by molar-refractivity contribution is 7.99. The van der Waals surface area contributed by atoms with Crippen LogP contribution < -0.4 is 16.4 Å². The van der Waals surface area contributed by atoms with Crippen LogP contribution in [0.5, 0.6) is 0 Å². The summed E-state index contributed by atoms with van der Waals surface area (Å²) in [7, 11) is 0. The van der Waals surface area contributed by atoms with E-state index in [-0.39, 0.29) is 0 Å². The molecule has 0 aliphatic heterocycles. The van der Waals surface area contributed by atoms with Crippen molar-refractivity contribution in [3.05, 3.63) is 58.8 Å². The van der Waals surface area contributed by atoms with Crippen LogP contribution in [-0.4, -0.2) is 34.5 Å². The van der Waals surface area contributed by atoms with E-state index in [1.165, 1.54) is 16.7 Å². The topological polar surface area (TPSA) is 97.1 Å². The quantitative estimate of drug-likeness (QED) is 0.267. The molecule has 1 heterocycles. The summed E-state index contributed by atoms with van der Waals surface area (Å²) in [6, 6.07) is 2.27. The Morgan fingerprint density at radius 1 is 1.09 bits per heavy atom. The highest BCUT2D eigenvalue weighted by Crippen LogP contribution is 2.14. The number of nitrogens with one attached hydrogen (secondary N) is 2. The maximum Gasteiger partial charge on any atom is 0.318 e. The predicted molar refractivity (Wildman–Crippen MR) is 137 cm³/mol. The average molecular weight is 459 g/mol. The number of primary amides is 1. The lowest BCUT2D eigenvalue weighted by Gasteiger charge is -2.17. The van der Waals surface area contributed by atoms with Crippen LogP contribution >= 0.6 is 11.8 Å². The van der Waals surface area contributed by atoms with Gasteiger partial charge >= 0.3 is 6.03 Å². The standard InChI is InChI=1S/C25H38N4O2S/c1-18(2)8-6-9-19(3)10-7-11-20(4)13-15-32-17-22(24(30)29-25(26)31)28-23-16-21(5)12-14-27-23/h8,10,12-14,16,22H,6-7,9,11,15,17H2,1-5H3,(H,27,28)(H3,26,29,30,31). The zero-order valence-corrected chi connectivity index (χ0v) is 20.8. The summed E-state index contributed by atoms with van der Waals surface area (Å²) in [6.45, 7) is 10.5. The molecule has 3 amide bonds. The first kappa shape index (κ1) is 27.5. The molecule has 176 valence electrons. The number of hydrogen-bond acceptors (Lipinski definition) is 5. The van der Waals surface area contributed by atoms with Gasteiger partial charge in [0.05, 0.1) is 0 Å². The number of nitrogens with two attached hydrogens (primary N) is 1. The van der Waals surface area contributed by atoms with Gasteiger partial charge in [-0.2, -0.15) is 11.8 Å². The molecule has 0 aliphatic rings. The van der Waals surface area contributed by atoms with E-state index < -0.39 is 18.0 Å². The van der Waals surface area contributed by atoms with E-state index in [0.717, 1.165) is 37.0 Å². The lowest BCUT2D eigenvalue weighted by atomic mass is 10.1. The van der Waals surface area contributed by atoms with Crippen LogP contribution in [0.3, 0.4) is 0 Å². The molecular formula is C25H38N4O2S. The molecule has 4 N–H and O–H groups in total. The van der Waals surface area contributed by atoms with Gasteiger partial charge < -0.3 is 11.1 Å². The van der Waals surface area contributed by atoms with Crippen molar-refractivity contribution in [3.63, 3.8) is 0 Å². The third-order valence-electron chi connectivity index (χ3n) is 4.76. The summed E-state index contributed by atoms with van der Waals surface area (Å²) >= 11 is 1.62. The first-order valence-corrected chi connectivity index (χ1v) is 12.1. The summed E-state index contributed by atoms with van der Waals surface area (Å²) in [5.74, 6) is 1.41. The van der Waals surface area contributed by atoms with Crippen LogP contribution in [0, 0.1) is 6.92 Å². The largest absolute Gasteiger partial charge is 0.358 e. The zero-order chi connectivity index (χ0) is 23.9. The summed E-state index contributed by atoms with van der Waals surface area (Å²) in [4.78, 5) is 27.7. The van der Waals surface area contributed by atoms with Crippen molar-refractivity contribution in [3.8, 4) is 0 Å². The molecule has 0 aliphatic carbocycles. The lowest BCUT2D eigenvalue weighted by Crippen LogP contribution is -2.46. The lowest BCUT2D eigenvalue weighted by molar-refractivity contribution is -0.120. The minimum absolute atomic E-state index is 0.456. The number of urea groups is 1. The van der Waals surface area contributed by atoms with Crippen molar-refractivity contribution in [1.82, 2.24) is 10.3 Å². The maximum absolute atomic E-state index is 12.3. The number of aryl methyl sites for hydroxylation is 1. The average Bonchev–Trinajstić information content (AvgIpc) is 2.69. The Morgan fingerprint density at radius 2 is 1.75 bits per heavy atom. The summed E-state index contributed by atoms with van der Waals surface area (Å²) in [6.07, 6.45) is 12.8. The molecule has 0 spiro atoms. The normalized spacial score (nSPS) is 12.8. The number of allylic oxidation sites excluding steroid dienone is 5. The van der Waals surface area contributed by atoms with Crippen molar-refractivity contribution < 1.29 is 9.59 Å². The third-order valence-corrected chi connectivity index (χ3v) is 5.73. The van der Waals surface area contributed by atoms with Crippen molar-refractivity contribution in [1.29, 1.82) is 0 Å². The van der Waals surface area contributed by atoms with Crippen molar-refractivity contribution in [2.45, 2.75) is 66.3 Å². The van der Waals surface area contributed by atoms with E-state index in [1.807, 2.05) is 19.1 Å².